The quantitative estimate of drug-likeness (QED) is 0.687. The van der Waals surface area contributed by atoms with Gasteiger partial charge in [-0.3, -0.25) is 4.72 Å². The van der Waals surface area contributed by atoms with E-state index in [0.717, 1.165) is 11.1 Å². The van der Waals surface area contributed by atoms with Gasteiger partial charge < -0.3 is 9.26 Å². The molecule has 3 rings (SSSR count). The van der Waals surface area contributed by atoms with Gasteiger partial charge in [-0.05, 0) is 40.5 Å². The molecule has 0 bridgehead atoms. The molecule has 0 fully saturated rings. The summed E-state index contributed by atoms with van der Waals surface area (Å²) in [7, 11) is -2.31. The van der Waals surface area contributed by atoms with E-state index < -0.39 is 10.0 Å². The third-order valence-electron chi connectivity index (χ3n) is 3.57. The minimum atomic E-state index is -3.78. The number of halogens is 1. The SMILES string of the molecule is CCc1noc2cc(OC)c(NS(=O)(=O)c3ccccc3Br)cc12. The summed E-state index contributed by atoms with van der Waals surface area (Å²) in [6.45, 7) is 1.95. The molecule has 1 heterocycles. The lowest BCUT2D eigenvalue weighted by molar-refractivity contribution is 0.413. The number of nitrogens with zero attached hydrogens (tertiary/aromatic N) is 1. The molecule has 24 heavy (non-hydrogen) atoms. The first kappa shape index (κ1) is 16.8. The van der Waals surface area contributed by atoms with Crippen LogP contribution in [0, 0.1) is 0 Å². The van der Waals surface area contributed by atoms with Crippen LogP contribution in [0.2, 0.25) is 0 Å². The van der Waals surface area contributed by atoms with E-state index in [1.807, 2.05) is 6.92 Å². The van der Waals surface area contributed by atoms with Crippen LogP contribution in [-0.2, 0) is 16.4 Å². The van der Waals surface area contributed by atoms with Gasteiger partial charge in [-0.15, -0.1) is 0 Å². The van der Waals surface area contributed by atoms with Crippen LogP contribution >= 0.6 is 15.9 Å². The highest BCUT2D eigenvalue weighted by atomic mass is 79.9. The number of aromatic nitrogens is 1. The Morgan fingerprint density at radius 2 is 2.04 bits per heavy atom. The normalized spacial score (nSPS) is 11.6. The Morgan fingerprint density at radius 3 is 2.71 bits per heavy atom. The topological polar surface area (TPSA) is 81.4 Å². The number of hydrogen-bond donors (Lipinski definition) is 1. The monoisotopic (exact) mass is 410 g/mol. The van der Waals surface area contributed by atoms with Gasteiger partial charge in [-0.2, -0.15) is 0 Å². The van der Waals surface area contributed by atoms with Crippen molar-refractivity contribution >= 4 is 42.6 Å². The van der Waals surface area contributed by atoms with Crippen molar-refractivity contribution in [3.8, 4) is 5.75 Å². The van der Waals surface area contributed by atoms with Gasteiger partial charge in [0, 0.05) is 15.9 Å². The van der Waals surface area contributed by atoms with Gasteiger partial charge >= 0.3 is 0 Å². The molecular weight excluding hydrogens is 396 g/mol. The van der Waals surface area contributed by atoms with Gasteiger partial charge in [0.15, 0.2) is 5.58 Å². The van der Waals surface area contributed by atoms with Crippen molar-refractivity contribution in [1.29, 1.82) is 0 Å². The predicted octanol–water partition coefficient (Wildman–Crippen LogP) is 3.96. The second-order valence-electron chi connectivity index (χ2n) is 5.07. The zero-order valence-electron chi connectivity index (χ0n) is 13.0. The lowest BCUT2D eigenvalue weighted by Crippen LogP contribution is -2.14. The highest BCUT2D eigenvalue weighted by Gasteiger charge is 2.21. The number of aryl methyl sites for hydroxylation is 1. The molecule has 1 N–H and O–H groups in total. The van der Waals surface area contributed by atoms with E-state index in [-0.39, 0.29) is 4.90 Å². The molecule has 0 atom stereocenters. The summed E-state index contributed by atoms with van der Waals surface area (Å²) < 4.78 is 39.0. The maximum atomic E-state index is 12.7. The Bertz CT molecular complexity index is 998. The largest absolute Gasteiger partial charge is 0.494 e. The fraction of sp³-hybridized carbons (Fsp3) is 0.188. The molecule has 0 saturated carbocycles. The van der Waals surface area contributed by atoms with Crippen molar-refractivity contribution in [2.75, 3.05) is 11.8 Å². The van der Waals surface area contributed by atoms with E-state index in [1.54, 1.807) is 30.3 Å². The molecule has 0 unspecified atom stereocenters. The average molecular weight is 411 g/mol. The molecule has 0 saturated heterocycles. The van der Waals surface area contributed by atoms with Crippen LogP contribution in [0.1, 0.15) is 12.6 Å². The standard InChI is InChI=1S/C16H15BrN2O4S/c1-3-12-10-8-13(15(22-2)9-14(10)23-18-12)19-24(20,21)16-7-5-4-6-11(16)17/h4-9,19H,3H2,1-2H3. The lowest BCUT2D eigenvalue weighted by atomic mass is 10.1. The van der Waals surface area contributed by atoms with E-state index in [2.05, 4.69) is 25.8 Å². The summed E-state index contributed by atoms with van der Waals surface area (Å²) in [6.07, 6.45) is 0.676. The Labute approximate surface area is 148 Å². The second-order valence-corrected chi connectivity index (χ2v) is 7.57. The first-order valence-corrected chi connectivity index (χ1v) is 9.47. The first-order chi connectivity index (χ1) is 11.5. The molecular formula is C16H15BrN2O4S. The molecule has 0 aliphatic carbocycles. The molecule has 0 aliphatic heterocycles. The number of benzene rings is 2. The van der Waals surface area contributed by atoms with Crippen molar-refractivity contribution in [2.24, 2.45) is 0 Å². The van der Waals surface area contributed by atoms with Gasteiger partial charge in [-0.25, -0.2) is 8.42 Å². The zero-order chi connectivity index (χ0) is 17.3. The fourth-order valence-electron chi connectivity index (χ4n) is 2.38. The predicted molar refractivity (Wildman–Crippen MR) is 94.9 cm³/mol. The number of nitrogens with one attached hydrogen (secondary N) is 1. The number of hydrogen-bond acceptors (Lipinski definition) is 5. The van der Waals surface area contributed by atoms with E-state index in [9.17, 15) is 8.42 Å². The number of ether oxygens (including phenoxy) is 1. The van der Waals surface area contributed by atoms with E-state index >= 15 is 0 Å². The minimum Gasteiger partial charge on any atom is -0.494 e. The van der Waals surface area contributed by atoms with Gasteiger partial charge in [0.25, 0.3) is 10.0 Å². The maximum Gasteiger partial charge on any atom is 0.263 e. The molecule has 0 spiro atoms. The summed E-state index contributed by atoms with van der Waals surface area (Å²) >= 11 is 3.26. The van der Waals surface area contributed by atoms with Crippen molar-refractivity contribution in [2.45, 2.75) is 18.2 Å². The molecule has 8 heteroatoms. The second kappa shape index (κ2) is 6.45. The molecule has 0 radical (unpaired) electrons. The summed E-state index contributed by atoms with van der Waals surface area (Å²) in [5.41, 5.74) is 1.64. The van der Waals surface area contributed by atoms with Crippen LogP contribution < -0.4 is 9.46 Å². The highest BCUT2D eigenvalue weighted by molar-refractivity contribution is 9.10. The van der Waals surface area contributed by atoms with Crippen molar-refractivity contribution < 1.29 is 17.7 Å². The molecule has 6 nitrogen and oxygen atoms in total. The van der Waals surface area contributed by atoms with Crippen LogP contribution in [0.25, 0.3) is 11.0 Å². The Kier molecular flexibility index (Phi) is 4.51. The number of methoxy groups -OCH3 is 1. The number of fused-ring (bicyclic) bond motifs is 1. The third-order valence-corrected chi connectivity index (χ3v) is 5.95. The van der Waals surface area contributed by atoms with Gasteiger partial charge in [0.1, 0.15) is 10.6 Å². The Morgan fingerprint density at radius 1 is 1.29 bits per heavy atom. The minimum absolute atomic E-state index is 0.146. The average Bonchev–Trinajstić information content (AvgIpc) is 2.95. The maximum absolute atomic E-state index is 12.7. The lowest BCUT2D eigenvalue weighted by Gasteiger charge is -2.13. The van der Waals surface area contributed by atoms with Crippen LogP contribution in [-0.4, -0.2) is 20.7 Å². The Balaban J connectivity index is 2.10. The molecule has 3 aromatic rings. The summed E-state index contributed by atoms with van der Waals surface area (Å²) in [5.74, 6) is 0.358. The molecule has 0 aliphatic rings. The molecule has 2 aromatic carbocycles. The van der Waals surface area contributed by atoms with Crippen molar-refractivity contribution in [1.82, 2.24) is 5.16 Å². The Hall–Kier alpha value is -2.06. The van der Waals surface area contributed by atoms with Gasteiger partial charge in [0.2, 0.25) is 0 Å². The first-order valence-electron chi connectivity index (χ1n) is 7.20. The summed E-state index contributed by atoms with van der Waals surface area (Å²) in [6, 6.07) is 9.91. The number of anilines is 1. The summed E-state index contributed by atoms with van der Waals surface area (Å²) in [5, 5.41) is 4.74. The molecule has 126 valence electrons. The van der Waals surface area contributed by atoms with Crippen molar-refractivity contribution in [3.63, 3.8) is 0 Å². The molecule has 1 aromatic heterocycles. The van der Waals surface area contributed by atoms with Crippen LogP contribution in [0.4, 0.5) is 5.69 Å². The number of rotatable bonds is 5. The van der Waals surface area contributed by atoms with E-state index in [1.165, 1.54) is 13.2 Å². The van der Waals surface area contributed by atoms with Crippen molar-refractivity contribution in [3.05, 3.63) is 46.6 Å². The van der Waals surface area contributed by atoms with Crippen LogP contribution in [0.15, 0.2) is 50.3 Å². The van der Waals surface area contributed by atoms with Crippen LogP contribution in [0.3, 0.4) is 0 Å². The van der Waals surface area contributed by atoms with Crippen LogP contribution in [0.5, 0.6) is 5.75 Å². The molecule has 0 amide bonds. The third kappa shape index (κ3) is 2.99. The smallest absolute Gasteiger partial charge is 0.263 e. The van der Waals surface area contributed by atoms with Gasteiger partial charge in [0.05, 0.1) is 18.5 Å². The zero-order valence-corrected chi connectivity index (χ0v) is 15.4. The van der Waals surface area contributed by atoms with E-state index in [0.29, 0.717) is 27.9 Å². The highest BCUT2D eigenvalue weighted by Crippen LogP contribution is 2.34. The number of sulfonamides is 1. The fourth-order valence-corrected chi connectivity index (χ4v) is 4.45. The summed E-state index contributed by atoms with van der Waals surface area (Å²) in [4.78, 5) is 0.146. The van der Waals surface area contributed by atoms with Gasteiger partial charge in [-0.1, -0.05) is 24.2 Å². The van der Waals surface area contributed by atoms with E-state index in [4.69, 9.17) is 9.26 Å².